The van der Waals surface area contributed by atoms with Gasteiger partial charge in [-0.05, 0) is 43.0 Å². The predicted octanol–water partition coefficient (Wildman–Crippen LogP) is 3.43. The standard InChI is InChI=1S/C18H17NO2/c20-18(14-5-4-12-8-9-19-17(12)11-14)13-2-1-3-16(10-13)21-15-6-7-15/h1-5,10-11,15,19H,6-9H2. The molecular weight excluding hydrogens is 262 g/mol. The minimum Gasteiger partial charge on any atom is -0.490 e. The molecule has 3 heteroatoms. The number of benzene rings is 2. The number of fused-ring (bicyclic) bond motifs is 1. The van der Waals surface area contributed by atoms with E-state index < -0.39 is 0 Å². The fraction of sp³-hybridized carbons (Fsp3) is 0.278. The molecule has 1 N–H and O–H groups in total. The van der Waals surface area contributed by atoms with E-state index in [9.17, 15) is 4.79 Å². The highest BCUT2D eigenvalue weighted by molar-refractivity contribution is 6.09. The minimum atomic E-state index is 0.0488. The maximum absolute atomic E-state index is 12.6. The van der Waals surface area contributed by atoms with Crippen molar-refractivity contribution in [2.75, 3.05) is 11.9 Å². The van der Waals surface area contributed by atoms with Crippen LogP contribution in [0, 0.1) is 0 Å². The number of ketones is 1. The number of ether oxygens (including phenoxy) is 1. The lowest BCUT2D eigenvalue weighted by Gasteiger charge is -2.08. The van der Waals surface area contributed by atoms with Gasteiger partial charge in [0.2, 0.25) is 0 Å². The van der Waals surface area contributed by atoms with Crippen LogP contribution < -0.4 is 10.1 Å². The number of rotatable bonds is 4. The van der Waals surface area contributed by atoms with E-state index in [0.717, 1.165) is 42.8 Å². The lowest BCUT2D eigenvalue weighted by atomic mass is 10.0. The summed E-state index contributed by atoms with van der Waals surface area (Å²) in [6.45, 7) is 0.956. The smallest absolute Gasteiger partial charge is 0.193 e. The molecule has 0 bridgehead atoms. The Kier molecular flexibility index (Phi) is 2.92. The van der Waals surface area contributed by atoms with Gasteiger partial charge in [0.25, 0.3) is 0 Å². The van der Waals surface area contributed by atoms with Crippen molar-refractivity contribution in [3.05, 3.63) is 59.2 Å². The Morgan fingerprint density at radius 3 is 2.81 bits per heavy atom. The van der Waals surface area contributed by atoms with E-state index >= 15 is 0 Å². The van der Waals surface area contributed by atoms with Crippen molar-refractivity contribution in [2.45, 2.75) is 25.4 Å². The molecule has 0 radical (unpaired) electrons. The molecule has 2 aliphatic rings. The Bertz CT molecular complexity index is 704. The average Bonchev–Trinajstić information content (AvgIpc) is 3.20. The van der Waals surface area contributed by atoms with E-state index in [-0.39, 0.29) is 5.78 Å². The first-order valence-corrected chi connectivity index (χ1v) is 7.48. The van der Waals surface area contributed by atoms with E-state index in [1.807, 2.05) is 42.5 Å². The SMILES string of the molecule is O=C(c1cccc(OC2CC2)c1)c1ccc2c(c1)NCC2. The molecule has 0 aromatic heterocycles. The Morgan fingerprint density at radius 2 is 1.95 bits per heavy atom. The largest absolute Gasteiger partial charge is 0.490 e. The van der Waals surface area contributed by atoms with Gasteiger partial charge in [0.15, 0.2) is 5.78 Å². The maximum Gasteiger partial charge on any atom is 0.193 e. The van der Waals surface area contributed by atoms with Gasteiger partial charge in [-0.1, -0.05) is 24.3 Å². The zero-order chi connectivity index (χ0) is 14.2. The highest BCUT2D eigenvalue weighted by Crippen LogP contribution is 2.28. The summed E-state index contributed by atoms with van der Waals surface area (Å²) in [7, 11) is 0. The lowest BCUT2D eigenvalue weighted by Crippen LogP contribution is -2.03. The van der Waals surface area contributed by atoms with Crippen LogP contribution in [0.5, 0.6) is 5.75 Å². The van der Waals surface area contributed by atoms with E-state index in [1.165, 1.54) is 5.56 Å². The second-order valence-corrected chi connectivity index (χ2v) is 5.72. The Hall–Kier alpha value is -2.29. The number of anilines is 1. The summed E-state index contributed by atoms with van der Waals surface area (Å²) in [6.07, 6.45) is 3.62. The molecule has 1 aliphatic heterocycles. The molecule has 1 heterocycles. The number of carbonyl (C=O) groups is 1. The predicted molar refractivity (Wildman–Crippen MR) is 82.2 cm³/mol. The first-order chi connectivity index (χ1) is 10.3. The summed E-state index contributed by atoms with van der Waals surface area (Å²) in [6, 6.07) is 13.4. The molecule has 0 atom stereocenters. The Morgan fingerprint density at radius 1 is 1.10 bits per heavy atom. The van der Waals surface area contributed by atoms with Crippen LogP contribution >= 0.6 is 0 Å². The molecular formula is C18H17NO2. The van der Waals surface area contributed by atoms with Gasteiger partial charge in [-0.25, -0.2) is 0 Å². The lowest BCUT2D eigenvalue weighted by molar-refractivity contribution is 0.103. The highest BCUT2D eigenvalue weighted by atomic mass is 16.5. The average molecular weight is 279 g/mol. The van der Waals surface area contributed by atoms with Crippen molar-refractivity contribution in [3.8, 4) is 5.75 Å². The van der Waals surface area contributed by atoms with Gasteiger partial charge in [0.05, 0.1) is 6.10 Å². The molecule has 2 aromatic carbocycles. The second kappa shape index (κ2) is 4.92. The zero-order valence-corrected chi connectivity index (χ0v) is 11.8. The number of nitrogens with one attached hydrogen (secondary N) is 1. The van der Waals surface area contributed by atoms with Crippen molar-refractivity contribution in [3.63, 3.8) is 0 Å². The van der Waals surface area contributed by atoms with Crippen LogP contribution in [0.25, 0.3) is 0 Å². The van der Waals surface area contributed by atoms with Gasteiger partial charge >= 0.3 is 0 Å². The van der Waals surface area contributed by atoms with Gasteiger partial charge in [-0.3, -0.25) is 4.79 Å². The van der Waals surface area contributed by atoms with Crippen LogP contribution in [0.1, 0.15) is 34.3 Å². The van der Waals surface area contributed by atoms with Gasteiger partial charge in [-0.2, -0.15) is 0 Å². The number of hydrogen-bond donors (Lipinski definition) is 1. The molecule has 0 amide bonds. The molecule has 1 saturated carbocycles. The summed E-state index contributed by atoms with van der Waals surface area (Å²) >= 11 is 0. The van der Waals surface area contributed by atoms with Crippen LogP contribution in [-0.4, -0.2) is 18.4 Å². The molecule has 2 aromatic rings. The number of hydrogen-bond acceptors (Lipinski definition) is 3. The highest BCUT2D eigenvalue weighted by Gasteiger charge is 2.23. The monoisotopic (exact) mass is 279 g/mol. The van der Waals surface area contributed by atoms with Gasteiger partial charge in [-0.15, -0.1) is 0 Å². The molecule has 0 saturated heterocycles. The van der Waals surface area contributed by atoms with E-state index in [2.05, 4.69) is 5.32 Å². The summed E-state index contributed by atoms with van der Waals surface area (Å²) in [5.74, 6) is 0.843. The fourth-order valence-corrected chi connectivity index (χ4v) is 2.69. The molecule has 4 rings (SSSR count). The molecule has 106 valence electrons. The third kappa shape index (κ3) is 2.51. The van der Waals surface area contributed by atoms with Gasteiger partial charge in [0.1, 0.15) is 5.75 Å². The van der Waals surface area contributed by atoms with Crippen LogP contribution in [0.4, 0.5) is 5.69 Å². The molecule has 21 heavy (non-hydrogen) atoms. The summed E-state index contributed by atoms with van der Waals surface area (Å²) in [5.41, 5.74) is 3.79. The van der Waals surface area contributed by atoms with Crippen molar-refractivity contribution < 1.29 is 9.53 Å². The van der Waals surface area contributed by atoms with Crippen LogP contribution in [0.15, 0.2) is 42.5 Å². The third-order valence-corrected chi connectivity index (χ3v) is 4.01. The second-order valence-electron chi connectivity index (χ2n) is 5.72. The Labute approximate surface area is 123 Å². The first-order valence-electron chi connectivity index (χ1n) is 7.48. The third-order valence-electron chi connectivity index (χ3n) is 4.01. The first kappa shape index (κ1) is 12.5. The molecule has 0 unspecified atom stereocenters. The van der Waals surface area contributed by atoms with E-state index in [4.69, 9.17) is 4.74 Å². The summed E-state index contributed by atoms with van der Waals surface area (Å²) < 4.78 is 5.76. The van der Waals surface area contributed by atoms with Crippen LogP contribution in [-0.2, 0) is 6.42 Å². The maximum atomic E-state index is 12.6. The van der Waals surface area contributed by atoms with Crippen molar-refractivity contribution >= 4 is 11.5 Å². The summed E-state index contributed by atoms with van der Waals surface area (Å²) in [5, 5.41) is 3.32. The normalized spacial score (nSPS) is 16.2. The fourth-order valence-electron chi connectivity index (χ4n) is 2.69. The van der Waals surface area contributed by atoms with Crippen molar-refractivity contribution in [1.29, 1.82) is 0 Å². The topological polar surface area (TPSA) is 38.3 Å². The van der Waals surface area contributed by atoms with Crippen molar-refractivity contribution in [1.82, 2.24) is 0 Å². The summed E-state index contributed by atoms with van der Waals surface area (Å²) in [4.78, 5) is 12.6. The Balaban J connectivity index is 1.61. The zero-order valence-electron chi connectivity index (χ0n) is 11.8. The molecule has 1 aliphatic carbocycles. The van der Waals surface area contributed by atoms with E-state index in [1.54, 1.807) is 0 Å². The molecule has 3 nitrogen and oxygen atoms in total. The molecule has 0 spiro atoms. The molecule has 1 fully saturated rings. The van der Waals surface area contributed by atoms with Crippen LogP contribution in [0.2, 0.25) is 0 Å². The van der Waals surface area contributed by atoms with Gasteiger partial charge < -0.3 is 10.1 Å². The van der Waals surface area contributed by atoms with Crippen molar-refractivity contribution in [2.24, 2.45) is 0 Å². The van der Waals surface area contributed by atoms with Crippen LogP contribution in [0.3, 0.4) is 0 Å². The quantitative estimate of drug-likeness (QED) is 0.871. The van der Waals surface area contributed by atoms with E-state index in [0.29, 0.717) is 11.7 Å². The van der Waals surface area contributed by atoms with Gasteiger partial charge in [0, 0.05) is 23.4 Å². The minimum absolute atomic E-state index is 0.0488. The number of carbonyl (C=O) groups excluding carboxylic acids is 1.